The van der Waals surface area contributed by atoms with Gasteiger partial charge in [0.1, 0.15) is 0 Å². The van der Waals surface area contributed by atoms with Crippen LogP contribution in [0.2, 0.25) is 0 Å². The van der Waals surface area contributed by atoms with Crippen molar-refractivity contribution in [2.45, 2.75) is 57.3 Å². The molecule has 4 saturated carbocycles. The van der Waals surface area contributed by atoms with Crippen LogP contribution < -0.4 is 10.6 Å². The number of amides is 1. The van der Waals surface area contributed by atoms with Gasteiger partial charge in [-0.05, 0) is 92.8 Å². The molecule has 1 amide bonds. The lowest BCUT2D eigenvalue weighted by atomic mass is 9.49. The van der Waals surface area contributed by atoms with Crippen LogP contribution in [0.15, 0.2) is 29.2 Å². The molecule has 5 rings (SSSR count). The summed E-state index contributed by atoms with van der Waals surface area (Å²) in [5, 5.41) is 6.23. The van der Waals surface area contributed by atoms with Crippen LogP contribution in [0.5, 0.6) is 0 Å². The second-order valence-corrected chi connectivity index (χ2v) is 11.6. The van der Waals surface area contributed by atoms with Crippen molar-refractivity contribution in [2.24, 2.45) is 23.2 Å². The van der Waals surface area contributed by atoms with Crippen molar-refractivity contribution in [3.05, 3.63) is 24.3 Å². The molecule has 4 aliphatic rings. The number of carbonyl (C=O) groups excluding carboxylic acids is 1. The Morgan fingerprint density at radius 2 is 1.53 bits per heavy atom. The summed E-state index contributed by atoms with van der Waals surface area (Å²) < 4.78 is 26.6. The fourth-order valence-electron chi connectivity index (χ4n) is 6.21. The largest absolute Gasteiger partial charge is 0.332 e. The Balaban J connectivity index is 1.38. The van der Waals surface area contributed by atoms with Crippen molar-refractivity contribution >= 4 is 38.9 Å². The maximum absolute atomic E-state index is 13.1. The number of hydrogen-bond acceptors (Lipinski definition) is 4. The molecule has 0 unspecified atom stereocenters. The first-order chi connectivity index (χ1) is 14.3. The first-order valence-corrected chi connectivity index (χ1v) is 12.8. The number of sulfonamides is 1. The van der Waals surface area contributed by atoms with E-state index in [-0.39, 0.29) is 21.3 Å². The molecule has 4 aliphatic carbocycles. The molecule has 0 radical (unpaired) electrons. The summed E-state index contributed by atoms with van der Waals surface area (Å²) in [4.78, 5) is 13.4. The number of hydrogen-bond donors (Lipinski definition) is 2. The molecule has 0 aliphatic heterocycles. The maximum Gasteiger partial charge on any atom is 0.243 e. The molecule has 0 heterocycles. The normalized spacial score (nSPS) is 29.8. The summed E-state index contributed by atoms with van der Waals surface area (Å²) in [7, 11) is -3.49. The maximum atomic E-state index is 13.1. The van der Waals surface area contributed by atoms with Crippen LogP contribution in [0, 0.1) is 23.2 Å². The quantitative estimate of drug-likeness (QED) is 0.647. The van der Waals surface area contributed by atoms with E-state index in [9.17, 15) is 13.2 Å². The van der Waals surface area contributed by atoms with Crippen LogP contribution in [0.1, 0.15) is 52.4 Å². The molecule has 1 aromatic carbocycles. The van der Waals surface area contributed by atoms with Gasteiger partial charge in [0, 0.05) is 18.8 Å². The van der Waals surface area contributed by atoms with E-state index in [4.69, 9.17) is 12.2 Å². The van der Waals surface area contributed by atoms with E-state index in [1.54, 1.807) is 24.3 Å². The third-order valence-electron chi connectivity index (χ3n) is 7.20. The monoisotopic (exact) mass is 449 g/mol. The van der Waals surface area contributed by atoms with Crippen LogP contribution in [-0.2, 0) is 14.8 Å². The van der Waals surface area contributed by atoms with Crippen LogP contribution in [0.4, 0.5) is 5.69 Å². The number of carbonyl (C=O) groups is 1. The molecule has 4 bridgehead atoms. The van der Waals surface area contributed by atoms with Gasteiger partial charge in [-0.15, -0.1) is 0 Å². The summed E-state index contributed by atoms with van der Waals surface area (Å²) in [6, 6.07) is 6.50. The summed E-state index contributed by atoms with van der Waals surface area (Å²) in [6.07, 6.45) is 6.84. The highest BCUT2D eigenvalue weighted by Crippen LogP contribution is 2.60. The highest BCUT2D eigenvalue weighted by Gasteiger charge is 2.54. The van der Waals surface area contributed by atoms with E-state index < -0.39 is 10.0 Å². The second kappa shape index (κ2) is 8.20. The van der Waals surface area contributed by atoms with Crippen molar-refractivity contribution < 1.29 is 13.2 Å². The van der Waals surface area contributed by atoms with Gasteiger partial charge in [0.05, 0.1) is 10.3 Å². The molecule has 4 fully saturated rings. The van der Waals surface area contributed by atoms with Crippen LogP contribution >= 0.6 is 12.2 Å². The van der Waals surface area contributed by atoms with Gasteiger partial charge in [-0.3, -0.25) is 4.79 Å². The molecule has 0 spiro atoms. The van der Waals surface area contributed by atoms with Gasteiger partial charge in [-0.2, -0.15) is 4.31 Å². The minimum Gasteiger partial charge on any atom is -0.332 e. The zero-order valence-electron chi connectivity index (χ0n) is 17.7. The topological polar surface area (TPSA) is 78.5 Å². The third kappa shape index (κ3) is 4.01. The zero-order valence-corrected chi connectivity index (χ0v) is 19.3. The Morgan fingerprint density at radius 3 is 2.00 bits per heavy atom. The second-order valence-electron chi connectivity index (χ2n) is 9.22. The van der Waals surface area contributed by atoms with Crippen LogP contribution in [0.3, 0.4) is 0 Å². The first-order valence-electron chi connectivity index (χ1n) is 11.0. The molecule has 164 valence electrons. The van der Waals surface area contributed by atoms with Crippen molar-refractivity contribution in [3.63, 3.8) is 0 Å². The number of thiocarbonyl (C=S) groups is 1. The Morgan fingerprint density at radius 1 is 1.03 bits per heavy atom. The van der Waals surface area contributed by atoms with E-state index in [0.717, 1.165) is 19.3 Å². The number of anilines is 1. The summed E-state index contributed by atoms with van der Waals surface area (Å²) in [5.41, 5.74) is 0.409. The van der Waals surface area contributed by atoms with Gasteiger partial charge >= 0.3 is 0 Å². The first kappa shape index (κ1) is 21.7. The highest BCUT2D eigenvalue weighted by atomic mass is 32.2. The Kier molecular flexibility index (Phi) is 5.94. The standard InChI is InChI=1S/C22H31N3O3S2/c1-3-25(4-2)30(27,28)19-7-5-18(6-8-19)23-21(29)24-20(26)22-12-15-9-16(13-22)11-17(10-15)14-22/h5-8,15-17H,3-4,9-14H2,1-2H3,(H2,23,24,26,29). The predicted octanol–water partition coefficient (Wildman–Crippen LogP) is 3.75. The fraction of sp³-hybridized carbons (Fsp3) is 0.636. The molecule has 8 heteroatoms. The summed E-state index contributed by atoms with van der Waals surface area (Å²) in [6.45, 7) is 4.50. The average Bonchev–Trinajstić information content (AvgIpc) is 2.68. The molecule has 30 heavy (non-hydrogen) atoms. The van der Waals surface area contributed by atoms with Crippen molar-refractivity contribution in [1.29, 1.82) is 0 Å². The minimum atomic E-state index is -3.49. The Hall–Kier alpha value is -1.51. The number of benzene rings is 1. The predicted molar refractivity (Wildman–Crippen MR) is 122 cm³/mol. The third-order valence-corrected chi connectivity index (χ3v) is 9.47. The fourth-order valence-corrected chi connectivity index (χ4v) is 7.88. The number of nitrogens with zero attached hydrogens (tertiary/aromatic N) is 1. The van der Waals surface area contributed by atoms with Gasteiger partial charge in [-0.25, -0.2) is 8.42 Å². The zero-order chi connectivity index (χ0) is 21.5. The van der Waals surface area contributed by atoms with Gasteiger partial charge in [0.2, 0.25) is 15.9 Å². The van der Waals surface area contributed by atoms with E-state index in [1.165, 1.54) is 23.6 Å². The highest BCUT2D eigenvalue weighted by molar-refractivity contribution is 7.89. The molecule has 2 N–H and O–H groups in total. The van der Waals surface area contributed by atoms with Gasteiger partial charge < -0.3 is 10.6 Å². The SMILES string of the molecule is CCN(CC)S(=O)(=O)c1ccc(NC(=S)NC(=O)C23CC4CC(CC(C4)C2)C3)cc1. The van der Waals surface area contributed by atoms with Crippen molar-refractivity contribution in [1.82, 2.24) is 9.62 Å². The summed E-state index contributed by atoms with van der Waals surface area (Å²) >= 11 is 5.38. The van der Waals surface area contributed by atoms with E-state index >= 15 is 0 Å². The lowest BCUT2D eigenvalue weighted by Crippen LogP contribution is -2.55. The van der Waals surface area contributed by atoms with Crippen LogP contribution in [0.25, 0.3) is 0 Å². The lowest BCUT2D eigenvalue weighted by Gasteiger charge is -2.55. The molecule has 6 nitrogen and oxygen atoms in total. The minimum absolute atomic E-state index is 0.0554. The molecule has 1 aromatic rings. The Labute approximate surface area is 184 Å². The van der Waals surface area contributed by atoms with Gasteiger partial charge in [-0.1, -0.05) is 13.8 Å². The smallest absolute Gasteiger partial charge is 0.243 e. The lowest BCUT2D eigenvalue weighted by molar-refractivity contribution is -0.144. The van der Waals surface area contributed by atoms with Gasteiger partial charge in [0.25, 0.3) is 0 Å². The molecule has 0 aromatic heterocycles. The van der Waals surface area contributed by atoms with Crippen molar-refractivity contribution in [2.75, 3.05) is 18.4 Å². The van der Waals surface area contributed by atoms with Crippen LogP contribution in [-0.4, -0.2) is 36.8 Å². The molecule has 0 atom stereocenters. The molecular formula is C22H31N3O3S2. The van der Waals surface area contributed by atoms with Gasteiger partial charge in [0.15, 0.2) is 5.11 Å². The van der Waals surface area contributed by atoms with E-state index in [0.29, 0.717) is 36.5 Å². The van der Waals surface area contributed by atoms with Crippen molar-refractivity contribution in [3.8, 4) is 0 Å². The summed E-state index contributed by atoms with van der Waals surface area (Å²) in [5.74, 6) is 2.15. The van der Waals surface area contributed by atoms with E-state index in [2.05, 4.69) is 10.6 Å². The average molecular weight is 450 g/mol. The number of rotatable bonds is 6. The number of nitrogens with one attached hydrogen (secondary N) is 2. The van der Waals surface area contributed by atoms with E-state index in [1.807, 2.05) is 13.8 Å². The molecular weight excluding hydrogens is 418 g/mol. The molecule has 0 saturated heterocycles. The Bertz CT molecular complexity index is 888.